The Morgan fingerprint density at radius 2 is 1.90 bits per heavy atom. The normalized spacial score (nSPS) is 11.8. The first kappa shape index (κ1) is 18.3. The summed E-state index contributed by atoms with van der Waals surface area (Å²) in [7, 11) is 0. The van der Waals surface area contributed by atoms with Gasteiger partial charge in [0, 0.05) is 39.3 Å². The molecular formula is C24H18N4OS. The van der Waals surface area contributed by atoms with Gasteiger partial charge in [0.05, 0.1) is 22.7 Å². The van der Waals surface area contributed by atoms with Crippen LogP contribution in [0.2, 0.25) is 0 Å². The van der Waals surface area contributed by atoms with Gasteiger partial charge < -0.3 is 10.1 Å². The molecule has 0 aliphatic heterocycles. The molecule has 30 heavy (non-hydrogen) atoms. The number of aromatic nitrogens is 3. The lowest BCUT2D eigenvalue weighted by molar-refractivity contribution is 0.457. The Kier molecular flexibility index (Phi) is 4.61. The lowest BCUT2D eigenvalue weighted by Crippen LogP contribution is -2.03. The monoisotopic (exact) mass is 410 g/mol. The summed E-state index contributed by atoms with van der Waals surface area (Å²) in [4.78, 5) is 12.3. The van der Waals surface area contributed by atoms with Crippen molar-refractivity contribution in [3.63, 3.8) is 0 Å². The van der Waals surface area contributed by atoms with Crippen molar-refractivity contribution in [3.8, 4) is 17.1 Å². The Bertz CT molecular complexity index is 1360. The van der Waals surface area contributed by atoms with E-state index < -0.39 is 0 Å². The third-order valence-electron chi connectivity index (χ3n) is 4.92. The maximum Gasteiger partial charge on any atom is 0.199 e. The zero-order valence-corrected chi connectivity index (χ0v) is 17.0. The molecule has 0 fully saturated rings. The second-order valence-electron chi connectivity index (χ2n) is 6.98. The second-order valence-corrected chi connectivity index (χ2v) is 7.64. The van der Waals surface area contributed by atoms with Gasteiger partial charge in [-0.05, 0) is 48.8 Å². The quantitative estimate of drug-likeness (QED) is 0.364. The van der Waals surface area contributed by atoms with Gasteiger partial charge >= 0.3 is 0 Å². The summed E-state index contributed by atoms with van der Waals surface area (Å²) in [5, 5.41) is 13.7. The van der Waals surface area contributed by atoms with Gasteiger partial charge in [-0.3, -0.25) is 4.98 Å². The lowest BCUT2D eigenvalue weighted by atomic mass is 9.99. The predicted molar refractivity (Wildman–Crippen MR) is 122 cm³/mol. The van der Waals surface area contributed by atoms with Crippen LogP contribution in [-0.2, 0) is 0 Å². The second kappa shape index (κ2) is 7.57. The number of aliphatic imine (C=N–C) groups is 1. The maximum atomic E-state index is 10.9. The third kappa shape index (κ3) is 3.38. The Morgan fingerprint density at radius 3 is 2.67 bits per heavy atom. The fraction of sp³-hybridized carbons (Fsp3) is 0.0417. The molecule has 146 valence electrons. The average molecular weight is 411 g/mol. The largest absolute Gasteiger partial charge is 0.494 e. The Morgan fingerprint density at radius 1 is 1.03 bits per heavy atom. The SMILES string of the molecule is Cc1cc(N=C(c2ccccc2)c2c(O)[nH]c3ccc(-c4ccsn4)cc23)ccn1. The fourth-order valence-corrected chi connectivity index (χ4v) is 4.06. The van der Waals surface area contributed by atoms with Crippen molar-refractivity contribution in [2.75, 3.05) is 0 Å². The lowest BCUT2D eigenvalue weighted by Gasteiger charge is -2.08. The predicted octanol–water partition coefficient (Wildman–Crippen LogP) is 5.87. The number of aryl methyl sites for hydroxylation is 1. The number of rotatable bonds is 4. The van der Waals surface area contributed by atoms with E-state index in [0.717, 1.165) is 39.1 Å². The highest BCUT2D eigenvalue weighted by Gasteiger charge is 2.19. The minimum Gasteiger partial charge on any atom is -0.494 e. The van der Waals surface area contributed by atoms with Gasteiger partial charge in [0.15, 0.2) is 5.88 Å². The van der Waals surface area contributed by atoms with Crippen LogP contribution in [-0.4, -0.2) is 25.2 Å². The first-order valence-corrected chi connectivity index (χ1v) is 10.4. The molecule has 0 saturated heterocycles. The van der Waals surface area contributed by atoms with E-state index in [9.17, 15) is 5.11 Å². The molecule has 2 N–H and O–H groups in total. The molecule has 0 spiro atoms. The van der Waals surface area contributed by atoms with Crippen LogP contribution in [0.15, 0.2) is 83.3 Å². The fourth-order valence-electron chi connectivity index (χ4n) is 3.53. The number of benzene rings is 2. The summed E-state index contributed by atoms with van der Waals surface area (Å²) in [6.45, 7) is 1.94. The summed E-state index contributed by atoms with van der Waals surface area (Å²) in [6.07, 6.45) is 1.74. The van der Waals surface area contributed by atoms with E-state index in [1.807, 2.05) is 79.0 Å². The van der Waals surface area contributed by atoms with Crippen molar-refractivity contribution >= 4 is 33.8 Å². The van der Waals surface area contributed by atoms with Gasteiger partial charge in [0.2, 0.25) is 0 Å². The molecule has 0 aliphatic rings. The highest BCUT2D eigenvalue weighted by Crippen LogP contribution is 2.34. The Balaban J connectivity index is 1.77. The first-order valence-electron chi connectivity index (χ1n) is 9.51. The van der Waals surface area contributed by atoms with E-state index in [4.69, 9.17) is 4.99 Å². The molecule has 2 aromatic carbocycles. The molecule has 5 aromatic rings. The molecule has 0 atom stereocenters. The molecule has 5 nitrogen and oxygen atoms in total. The van der Waals surface area contributed by atoms with E-state index in [1.54, 1.807) is 6.20 Å². The third-order valence-corrected chi connectivity index (χ3v) is 5.48. The summed E-state index contributed by atoms with van der Waals surface area (Å²) in [5.41, 5.74) is 6.71. The van der Waals surface area contributed by atoms with Crippen molar-refractivity contribution in [3.05, 3.63) is 95.1 Å². The Hall–Kier alpha value is -3.77. The highest BCUT2D eigenvalue weighted by molar-refractivity contribution is 7.03. The van der Waals surface area contributed by atoms with Gasteiger partial charge in [-0.1, -0.05) is 36.4 Å². The standard InChI is InChI=1S/C24H18N4OS/c1-15-13-18(9-11-25-15)26-23(16-5-3-2-4-6-16)22-19-14-17(20-10-12-30-28-20)7-8-21(19)27-24(22)29/h2-14,27,29H,1H3. The van der Waals surface area contributed by atoms with Crippen molar-refractivity contribution in [1.82, 2.24) is 14.3 Å². The number of hydrogen-bond donors (Lipinski definition) is 2. The summed E-state index contributed by atoms with van der Waals surface area (Å²) < 4.78 is 4.44. The maximum absolute atomic E-state index is 10.9. The van der Waals surface area contributed by atoms with Crippen molar-refractivity contribution < 1.29 is 5.11 Å². The van der Waals surface area contributed by atoms with Crippen LogP contribution in [0.4, 0.5) is 5.69 Å². The van der Waals surface area contributed by atoms with Crippen LogP contribution in [0.25, 0.3) is 22.2 Å². The number of aromatic hydroxyl groups is 1. The molecule has 0 bridgehead atoms. The molecule has 0 radical (unpaired) electrons. The zero-order chi connectivity index (χ0) is 20.5. The van der Waals surface area contributed by atoms with E-state index in [0.29, 0.717) is 11.3 Å². The molecule has 5 rings (SSSR count). The van der Waals surface area contributed by atoms with Crippen LogP contribution < -0.4 is 0 Å². The highest BCUT2D eigenvalue weighted by atomic mass is 32.1. The average Bonchev–Trinajstić information content (AvgIpc) is 3.40. The van der Waals surface area contributed by atoms with Crippen LogP contribution in [0.3, 0.4) is 0 Å². The Labute approximate surface area is 177 Å². The topological polar surface area (TPSA) is 74.2 Å². The number of hydrogen-bond acceptors (Lipinski definition) is 5. The molecule has 0 saturated carbocycles. The van der Waals surface area contributed by atoms with Crippen LogP contribution in [0.5, 0.6) is 5.88 Å². The summed E-state index contributed by atoms with van der Waals surface area (Å²) in [6, 6.07) is 21.7. The molecule has 3 heterocycles. The molecule has 3 aromatic heterocycles. The zero-order valence-electron chi connectivity index (χ0n) is 16.2. The number of aromatic amines is 1. The van der Waals surface area contributed by atoms with E-state index in [1.165, 1.54) is 11.5 Å². The molecule has 6 heteroatoms. The number of nitrogens with zero attached hydrogens (tertiary/aromatic N) is 3. The number of nitrogens with one attached hydrogen (secondary N) is 1. The molecular weight excluding hydrogens is 392 g/mol. The van der Waals surface area contributed by atoms with Gasteiger partial charge in [0.25, 0.3) is 0 Å². The molecule has 0 aliphatic carbocycles. The smallest absolute Gasteiger partial charge is 0.199 e. The van der Waals surface area contributed by atoms with Gasteiger partial charge in [-0.15, -0.1) is 0 Å². The van der Waals surface area contributed by atoms with E-state index in [-0.39, 0.29) is 5.88 Å². The van der Waals surface area contributed by atoms with Gasteiger partial charge in [0.1, 0.15) is 0 Å². The minimum atomic E-state index is 0.0915. The first-order chi connectivity index (χ1) is 14.7. The minimum absolute atomic E-state index is 0.0915. The van der Waals surface area contributed by atoms with E-state index >= 15 is 0 Å². The van der Waals surface area contributed by atoms with Crippen LogP contribution in [0.1, 0.15) is 16.8 Å². The molecule has 0 amide bonds. The van der Waals surface area contributed by atoms with Crippen molar-refractivity contribution in [1.29, 1.82) is 0 Å². The number of pyridine rings is 1. The van der Waals surface area contributed by atoms with Crippen molar-refractivity contribution in [2.45, 2.75) is 6.92 Å². The molecule has 0 unspecified atom stereocenters. The van der Waals surface area contributed by atoms with Crippen LogP contribution >= 0.6 is 11.5 Å². The summed E-state index contributed by atoms with van der Waals surface area (Å²) in [5.74, 6) is 0.0915. The van der Waals surface area contributed by atoms with E-state index in [2.05, 4.69) is 14.3 Å². The summed E-state index contributed by atoms with van der Waals surface area (Å²) >= 11 is 1.42. The number of H-pyrrole nitrogens is 1. The number of fused-ring (bicyclic) bond motifs is 1. The van der Waals surface area contributed by atoms with Gasteiger partial charge in [-0.25, -0.2) is 4.99 Å². The van der Waals surface area contributed by atoms with Crippen molar-refractivity contribution in [2.24, 2.45) is 4.99 Å². The van der Waals surface area contributed by atoms with Crippen LogP contribution in [0, 0.1) is 6.92 Å². The van der Waals surface area contributed by atoms with Gasteiger partial charge in [-0.2, -0.15) is 4.37 Å².